The van der Waals surface area contributed by atoms with Crippen LogP contribution in [-0.4, -0.2) is 11.1 Å². The molecule has 0 saturated heterocycles. The van der Waals surface area contributed by atoms with Crippen LogP contribution in [0.5, 0.6) is 0 Å². The van der Waals surface area contributed by atoms with Crippen molar-refractivity contribution in [2.24, 2.45) is 0 Å². The van der Waals surface area contributed by atoms with E-state index in [4.69, 9.17) is 4.52 Å². The largest absolute Gasteiger partial charge is 0.361 e. The Morgan fingerprint density at radius 1 is 1.33 bits per heavy atom. The average Bonchev–Trinajstić information content (AvgIpc) is 3.13. The van der Waals surface area contributed by atoms with Gasteiger partial charge in [-0.2, -0.15) is 5.26 Å². The van der Waals surface area contributed by atoms with Crippen molar-refractivity contribution in [2.75, 3.05) is 5.32 Å². The minimum atomic E-state index is -0.192. The summed E-state index contributed by atoms with van der Waals surface area (Å²) in [5.74, 6) is 0.446. The van der Waals surface area contributed by atoms with Gasteiger partial charge in [-0.1, -0.05) is 35.5 Å². The van der Waals surface area contributed by atoms with Crippen molar-refractivity contribution >= 4 is 22.2 Å². The number of carbonyl (C=O) groups is 1. The van der Waals surface area contributed by atoms with Crippen molar-refractivity contribution < 1.29 is 9.32 Å². The summed E-state index contributed by atoms with van der Waals surface area (Å²) in [6, 6.07) is 13.7. The summed E-state index contributed by atoms with van der Waals surface area (Å²) in [4.78, 5) is 13.3. The smallest absolute Gasteiger partial charge is 0.229 e. The summed E-state index contributed by atoms with van der Waals surface area (Å²) < 4.78 is 5.07. The second-order valence-electron chi connectivity index (χ2n) is 5.36. The lowest BCUT2D eigenvalue weighted by atomic mass is 10.1. The van der Waals surface area contributed by atoms with Crippen LogP contribution in [0.25, 0.3) is 10.4 Å². The van der Waals surface area contributed by atoms with E-state index < -0.39 is 0 Å². The number of hydrogen-bond donors (Lipinski definition) is 1. The lowest BCUT2D eigenvalue weighted by molar-refractivity contribution is -0.115. The highest BCUT2D eigenvalue weighted by atomic mass is 32.1. The van der Waals surface area contributed by atoms with E-state index in [9.17, 15) is 10.1 Å². The van der Waals surface area contributed by atoms with E-state index in [0.29, 0.717) is 22.0 Å². The van der Waals surface area contributed by atoms with E-state index in [1.807, 2.05) is 30.3 Å². The number of thiophene rings is 1. The molecule has 0 atom stereocenters. The van der Waals surface area contributed by atoms with Crippen LogP contribution in [0, 0.1) is 25.2 Å². The van der Waals surface area contributed by atoms with Gasteiger partial charge in [0.2, 0.25) is 5.91 Å². The van der Waals surface area contributed by atoms with Gasteiger partial charge in [0.05, 0.1) is 17.7 Å². The molecule has 2 aromatic heterocycles. The molecule has 0 unspecified atom stereocenters. The highest BCUT2D eigenvalue weighted by Crippen LogP contribution is 2.35. The molecular formula is C18H15N3O2S. The van der Waals surface area contributed by atoms with Crippen LogP contribution in [0.3, 0.4) is 0 Å². The molecule has 120 valence electrons. The Kier molecular flexibility index (Phi) is 4.45. The second-order valence-corrected chi connectivity index (χ2v) is 6.41. The van der Waals surface area contributed by atoms with E-state index in [1.165, 1.54) is 11.3 Å². The number of hydrogen-bond acceptors (Lipinski definition) is 5. The molecule has 6 heteroatoms. The molecule has 3 aromatic rings. The number of amides is 1. The number of anilines is 1. The van der Waals surface area contributed by atoms with Gasteiger partial charge in [-0.25, -0.2) is 0 Å². The van der Waals surface area contributed by atoms with Gasteiger partial charge in [-0.15, -0.1) is 11.3 Å². The Morgan fingerprint density at radius 3 is 2.71 bits per heavy atom. The zero-order chi connectivity index (χ0) is 17.1. The van der Waals surface area contributed by atoms with Crippen LogP contribution in [0.2, 0.25) is 0 Å². The fraction of sp³-hybridized carbons (Fsp3) is 0.167. The van der Waals surface area contributed by atoms with Gasteiger partial charge in [0.25, 0.3) is 0 Å². The average molecular weight is 337 g/mol. The number of nitrogens with zero attached hydrogens (tertiary/aromatic N) is 2. The molecule has 1 N–H and O–H groups in total. The Labute approximate surface area is 143 Å². The summed E-state index contributed by atoms with van der Waals surface area (Å²) >= 11 is 1.39. The maximum atomic E-state index is 12.3. The van der Waals surface area contributed by atoms with Gasteiger partial charge in [0.15, 0.2) is 0 Å². The van der Waals surface area contributed by atoms with Crippen LogP contribution in [0.1, 0.15) is 22.6 Å². The van der Waals surface area contributed by atoms with E-state index in [-0.39, 0.29) is 12.3 Å². The van der Waals surface area contributed by atoms with Gasteiger partial charge in [0, 0.05) is 10.4 Å². The SMILES string of the molecule is Cc1noc(C)c1CC(=O)Nc1sc(-c2ccccc2)cc1C#N. The fourth-order valence-electron chi connectivity index (χ4n) is 2.40. The molecule has 0 aliphatic rings. The number of nitriles is 1. The molecule has 2 heterocycles. The lowest BCUT2D eigenvalue weighted by Crippen LogP contribution is -2.15. The highest BCUT2D eigenvalue weighted by molar-refractivity contribution is 7.19. The molecule has 3 rings (SSSR count). The summed E-state index contributed by atoms with van der Waals surface area (Å²) in [7, 11) is 0. The van der Waals surface area contributed by atoms with Crippen molar-refractivity contribution in [3.63, 3.8) is 0 Å². The molecule has 1 aromatic carbocycles. The van der Waals surface area contributed by atoms with E-state index in [1.54, 1.807) is 19.9 Å². The number of nitrogens with one attached hydrogen (secondary N) is 1. The zero-order valence-corrected chi connectivity index (χ0v) is 14.1. The molecule has 0 aliphatic heterocycles. The van der Waals surface area contributed by atoms with E-state index in [2.05, 4.69) is 16.5 Å². The quantitative estimate of drug-likeness (QED) is 0.778. The molecule has 5 nitrogen and oxygen atoms in total. The molecular weight excluding hydrogens is 322 g/mol. The Hall–Kier alpha value is -2.91. The van der Waals surface area contributed by atoms with Crippen LogP contribution in [-0.2, 0) is 11.2 Å². The first kappa shape index (κ1) is 16.0. The van der Waals surface area contributed by atoms with Crippen molar-refractivity contribution in [3.8, 4) is 16.5 Å². The third kappa shape index (κ3) is 3.21. The summed E-state index contributed by atoms with van der Waals surface area (Å²) in [5, 5.41) is 16.6. The standard InChI is InChI=1S/C18H15N3O2S/c1-11-15(12(2)23-21-11)9-17(22)20-18-14(10-19)8-16(24-18)13-6-4-3-5-7-13/h3-8H,9H2,1-2H3,(H,20,22). The number of aromatic nitrogens is 1. The minimum absolute atomic E-state index is 0.171. The molecule has 0 radical (unpaired) electrons. The first-order valence-corrected chi connectivity index (χ1v) is 8.21. The predicted octanol–water partition coefficient (Wildman–Crippen LogP) is 4.07. The highest BCUT2D eigenvalue weighted by Gasteiger charge is 2.16. The van der Waals surface area contributed by atoms with Crippen LogP contribution >= 0.6 is 11.3 Å². The molecule has 1 amide bonds. The fourth-order valence-corrected chi connectivity index (χ4v) is 3.43. The van der Waals surface area contributed by atoms with Crippen LogP contribution in [0.4, 0.5) is 5.00 Å². The maximum Gasteiger partial charge on any atom is 0.229 e. The molecule has 0 bridgehead atoms. The van der Waals surface area contributed by atoms with Gasteiger partial charge in [-0.05, 0) is 25.5 Å². The molecule has 0 saturated carbocycles. The second kappa shape index (κ2) is 6.69. The third-order valence-corrected chi connectivity index (χ3v) is 4.78. The minimum Gasteiger partial charge on any atom is -0.361 e. The first-order chi connectivity index (χ1) is 11.6. The number of rotatable bonds is 4. The zero-order valence-electron chi connectivity index (χ0n) is 13.3. The van der Waals surface area contributed by atoms with Gasteiger partial charge < -0.3 is 9.84 Å². The van der Waals surface area contributed by atoms with E-state index >= 15 is 0 Å². The van der Waals surface area contributed by atoms with Crippen molar-refractivity contribution in [2.45, 2.75) is 20.3 Å². The number of carbonyl (C=O) groups excluding carboxylic acids is 1. The molecule has 0 aliphatic carbocycles. The predicted molar refractivity (Wildman–Crippen MR) is 92.8 cm³/mol. The third-order valence-electron chi connectivity index (χ3n) is 3.68. The number of aryl methyl sites for hydroxylation is 2. The maximum absolute atomic E-state index is 12.3. The van der Waals surface area contributed by atoms with Crippen LogP contribution in [0.15, 0.2) is 40.9 Å². The summed E-state index contributed by atoms with van der Waals surface area (Å²) in [6.45, 7) is 3.58. The lowest BCUT2D eigenvalue weighted by Gasteiger charge is -2.03. The topological polar surface area (TPSA) is 78.9 Å². The normalized spacial score (nSPS) is 10.4. The van der Waals surface area contributed by atoms with Crippen molar-refractivity contribution in [3.05, 3.63) is 59.0 Å². The summed E-state index contributed by atoms with van der Waals surface area (Å²) in [6.07, 6.45) is 0.171. The Balaban J connectivity index is 1.81. The Bertz CT molecular complexity index is 900. The van der Waals surface area contributed by atoms with Gasteiger partial charge >= 0.3 is 0 Å². The van der Waals surface area contributed by atoms with Gasteiger partial charge in [-0.3, -0.25) is 4.79 Å². The monoisotopic (exact) mass is 337 g/mol. The van der Waals surface area contributed by atoms with E-state index in [0.717, 1.165) is 16.0 Å². The molecule has 24 heavy (non-hydrogen) atoms. The number of benzene rings is 1. The van der Waals surface area contributed by atoms with Crippen molar-refractivity contribution in [1.82, 2.24) is 5.16 Å². The Morgan fingerprint density at radius 2 is 2.08 bits per heavy atom. The van der Waals surface area contributed by atoms with Gasteiger partial charge in [0.1, 0.15) is 16.8 Å². The molecule has 0 spiro atoms. The first-order valence-electron chi connectivity index (χ1n) is 7.39. The van der Waals surface area contributed by atoms with Crippen LogP contribution < -0.4 is 5.32 Å². The van der Waals surface area contributed by atoms with Crippen molar-refractivity contribution in [1.29, 1.82) is 5.26 Å². The molecule has 0 fully saturated rings. The summed E-state index contributed by atoms with van der Waals surface area (Å²) in [5.41, 5.74) is 2.97.